The summed E-state index contributed by atoms with van der Waals surface area (Å²) < 4.78 is 0. The van der Waals surface area contributed by atoms with E-state index in [0.29, 0.717) is 6.54 Å². The topological polar surface area (TPSA) is 134 Å². The minimum atomic E-state index is -0.625. The molecule has 0 aromatic carbocycles. The van der Waals surface area contributed by atoms with Crippen LogP contribution < -0.4 is 22.3 Å². The third kappa shape index (κ3) is 3.16. The highest BCUT2D eigenvalue weighted by molar-refractivity contribution is 5.96. The Hall–Kier alpha value is -2.48. The molecule has 23 heavy (non-hydrogen) atoms. The molecule has 2 aromatic rings. The number of aromatic nitrogens is 3. The van der Waals surface area contributed by atoms with Crippen LogP contribution in [0.15, 0.2) is 21.9 Å². The van der Waals surface area contributed by atoms with Crippen LogP contribution in [-0.2, 0) is 0 Å². The number of carbonyl (C=O) groups is 1. The number of H-pyrrole nitrogens is 2. The quantitative estimate of drug-likeness (QED) is 0.625. The fraction of sp³-hybridized carbons (Fsp3) is 0.467. The Morgan fingerprint density at radius 3 is 2.87 bits per heavy atom. The van der Waals surface area contributed by atoms with Crippen LogP contribution in [0.4, 0.5) is 0 Å². The van der Waals surface area contributed by atoms with Gasteiger partial charge in [0.25, 0.3) is 11.5 Å². The highest BCUT2D eigenvalue weighted by atomic mass is 16.2. The molecule has 8 heteroatoms. The van der Waals surface area contributed by atoms with Crippen LogP contribution in [-0.4, -0.2) is 33.4 Å². The Bertz CT molecular complexity index is 841. The number of rotatable bonds is 3. The predicted molar refractivity (Wildman–Crippen MR) is 85.3 cm³/mol. The Balaban J connectivity index is 1.86. The SMILES string of the molecule is NCC1CCCCC1NC(=O)c1cnc2[nH]c(=O)[nH]c(=O)c2c1. The normalized spacial score (nSPS) is 21.3. The summed E-state index contributed by atoms with van der Waals surface area (Å²) in [6.45, 7) is 0.543. The molecule has 0 spiro atoms. The molecule has 3 rings (SSSR count). The fourth-order valence-corrected chi connectivity index (χ4v) is 3.10. The number of fused-ring (bicyclic) bond motifs is 1. The van der Waals surface area contributed by atoms with E-state index in [9.17, 15) is 14.4 Å². The van der Waals surface area contributed by atoms with Crippen LogP contribution >= 0.6 is 0 Å². The number of amides is 1. The number of nitrogens with one attached hydrogen (secondary N) is 3. The van der Waals surface area contributed by atoms with Crippen molar-refractivity contribution in [2.24, 2.45) is 11.7 Å². The predicted octanol–water partition coefficient (Wildman–Crippen LogP) is -0.141. The maximum atomic E-state index is 12.4. The molecule has 2 heterocycles. The van der Waals surface area contributed by atoms with E-state index in [4.69, 9.17) is 5.73 Å². The van der Waals surface area contributed by atoms with Crippen LogP contribution in [0.2, 0.25) is 0 Å². The monoisotopic (exact) mass is 317 g/mol. The molecule has 122 valence electrons. The van der Waals surface area contributed by atoms with Gasteiger partial charge >= 0.3 is 5.69 Å². The first-order valence-corrected chi connectivity index (χ1v) is 7.72. The van der Waals surface area contributed by atoms with Crippen molar-refractivity contribution in [3.63, 3.8) is 0 Å². The first kappa shape index (κ1) is 15.4. The van der Waals surface area contributed by atoms with Crippen LogP contribution in [0.25, 0.3) is 11.0 Å². The van der Waals surface area contributed by atoms with Crippen molar-refractivity contribution in [1.29, 1.82) is 0 Å². The summed E-state index contributed by atoms with van der Waals surface area (Å²) in [6, 6.07) is 1.48. The van der Waals surface area contributed by atoms with Gasteiger partial charge in [-0.2, -0.15) is 0 Å². The van der Waals surface area contributed by atoms with Gasteiger partial charge < -0.3 is 11.1 Å². The van der Waals surface area contributed by atoms with Gasteiger partial charge in [0.15, 0.2) is 0 Å². The number of pyridine rings is 1. The van der Waals surface area contributed by atoms with Crippen LogP contribution in [0.5, 0.6) is 0 Å². The third-order valence-electron chi connectivity index (χ3n) is 4.38. The lowest BCUT2D eigenvalue weighted by Gasteiger charge is -2.31. The van der Waals surface area contributed by atoms with Crippen LogP contribution in [0.3, 0.4) is 0 Å². The second-order valence-corrected chi connectivity index (χ2v) is 5.89. The molecule has 8 nitrogen and oxygen atoms in total. The standard InChI is InChI=1S/C15H19N5O3/c16-6-8-3-1-2-4-11(8)18-13(21)9-5-10-12(17-7-9)19-15(23)20-14(10)22/h5,7-8,11H,1-4,6,16H2,(H,18,21)(H2,17,19,20,22,23). The Morgan fingerprint density at radius 1 is 1.30 bits per heavy atom. The molecular weight excluding hydrogens is 298 g/mol. The average Bonchev–Trinajstić information content (AvgIpc) is 2.55. The number of nitrogens with two attached hydrogens (primary N) is 1. The third-order valence-corrected chi connectivity index (χ3v) is 4.38. The zero-order valence-corrected chi connectivity index (χ0v) is 12.6. The number of hydrogen-bond donors (Lipinski definition) is 4. The summed E-state index contributed by atoms with van der Waals surface area (Å²) in [4.78, 5) is 44.0. The molecule has 2 atom stereocenters. The van der Waals surface area contributed by atoms with Crippen molar-refractivity contribution in [2.75, 3.05) is 6.54 Å². The summed E-state index contributed by atoms with van der Waals surface area (Å²) in [7, 11) is 0. The van der Waals surface area contributed by atoms with E-state index in [1.165, 1.54) is 12.3 Å². The number of carbonyl (C=O) groups excluding carboxylic acids is 1. The smallest absolute Gasteiger partial charge is 0.327 e. The lowest BCUT2D eigenvalue weighted by molar-refractivity contribution is 0.0908. The molecule has 1 amide bonds. The van der Waals surface area contributed by atoms with Gasteiger partial charge in [-0.1, -0.05) is 12.8 Å². The maximum Gasteiger partial charge on any atom is 0.327 e. The molecule has 2 unspecified atom stereocenters. The van der Waals surface area contributed by atoms with Gasteiger partial charge in [0.1, 0.15) is 5.65 Å². The minimum Gasteiger partial charge on any atom is -0.349 e. The van der Waals surface area contributed by atoms with Crippen molar-refractivity contribution >= 4 is 16.9 Å². The largest absolute Gasteiger partial charge is 0.349 e. The van der Waals surface area contributed by atoms with Crippen molar-refractivity contribution in [3.8, 4) is 0 Å². The first-order valence-electron chi connectivity index (χ1n) is 7.72. The van der Waals surface area contributed by atoms with Gasteiger partial charge in [-0.25, -0.2) is 9.78 Å². The summed E-state index contributed by atoms with van der Waals surface area (Å²) in [5.74, 6) is -0.00350. The zero-order chi connectivity index (χ0) is 16.4. The minimum absolute atomic E-state index is 0.0470. The van der Waals surface area contributed by atoms with Crippen molar-refractivity contribution in [1.82, 2.24) is 20.3 Å². The summed E-state index contributed by atoms with van der Waals surface area (Å²) in [6.07, 6.45) is 5.47. The van der Waals surface area contributed by atoms with Crippen LogP contribution in [0, 0.1) is 5.92 Å². The molecule has 1 saturated carbocycles. The maximum absolute atomic E-state index is 12.4. The molecule has 0 bridgehead atoms. The van der Waals surface area contributed by atoms with Crippen molar-refractivity contribution in [2.45, 2.75) is 31.7 Å². The molecule has 0 aliphatic heterocycles. The number of nitrogens with zero attached hydrogens (tertiary/aromatic N) is 1. The first-order chi connectivity index (χ1) is 11.1. The Kier molecular flexibility index (Phi) is 4.24. The Labute approximate surface area is 131 Å². The van der Waals surface area contributed by atoms with Gasteiger partial charge in [0, 0.05) is 12.2 Å². The van der Waals surface area contributed by atoms with Gasteiger partial charge in [0.05, 0.1) is 10.9 Å². The molecule has 1 aliphatic rings. The average molecular weight is 317 g/mol. The summed E-state index contributed by atoms with van der Waals surface area (Å²) in [5.41, 5.74) is 5.03. The lowest BCUT2D eigenvalue weighted by atomic mass is 9.84. The number of hydrogen-bond acceptors (Lipinski definition) is 5. The highest BCUT2D eigenvalue weighted by Crippen LogP contribution is 2.23. The molecule has 2 aromatic heterocycles. The molecule has 0 saturated heterocycles. The second kappa shape index (κ2) is 6.33. The Morgan fingerprint density at radius 2 is 2.09 bits per heavy atom. The summed E-state index contributed by atoms with van der Waals surface area (Å²) in [5, 5.41) is 3.17. The molecule has 5 N–H and O–H groups in total. The molecule has 1 aliphatic carbocycles. The van der Waals surface area contributed by atoms with E-state index >= 15 is 0 Å². The van der Waals surface area contributed by atoms with Gasteiger partial charge in [0.2, 0.25) is 0 Å². The lowest BCUT2D eigenvalue weighted by Crippen LogP contribution is -2.44. The fourth-order valence-electron chi connectivity index (χ4n) is 3.10. The van der Waals surface area contributed by atoms with Crippen LogP contribution in [0.1, 0.15) is 36.0 Å². The highest BCUT2D eigenvalue weighted by Gasteiger charge is 2.25. The van der Waals surface area contributed by atoms with E-state index in [1.807, 2.05) is 0 Å². The van der Waals surface area contributed by atoms with E-state index in [-0.39, 0.29) is 34.5 Å². The van der Waals surface area contributed by atoms with E-state index < -0.39 is 11.2 Å². The van der Waals surface area contributed by atoms with E-state index in [0.717, 1.165) is 25.7 Å². The number of aromatic amines is 2. The van der Waals surface area contributed by atoms with Crippen molar-refractivity contribution in [3.05, 3.63) is 38.7 Å². The summed E-state index contributed by atoms with van der Waals surface area (Å²) >= 11 is 0. The zero-order valence-electron chi connectivity index (χ0n) is 12.6. The van der Waals surface area contributed by atoms with Crippen molar-refractivity contribution < 1.29 is 4.79 Å². The molecule has 1 fully saturated rings. The van der Waals surface area contributed by atoms with Gasteiger partial charge in [-0.05, 0) is 31.4 Å². The van der Waals surface area contributed by atoms with E-state index in [2.05, 4.69) is 20.3 Å². The second-order valence-electron chi connectivity index (χ2n) is 5.89. The van der Waals surface area contributed by atoms with Gasteiger partial charge in [-0.3, -0.25) is 19.6 Å². The van der Waals surface area contributed by atoms with Gasteiger partial charge in [-0.15, -0.1) is 0 Å². The van der Waals surface area contributed by atoms with E-state index in [1.54, 1.807) is 0 Å². The molecular formula is C15H19N5O3. The molecule has 0 radical (unpaired) electrons.